The lowest BCUT2D eigenvalue weighted by Gasteiger charge is -2.07. The number of alkyl halides is 3. The van der Waals surface area contributed by atoms with Gasteiger partial charge in [-0.2, -0.15) is 18.3 Å². The fourth-order valence-electron chi connectivity index (χ4n) is 2.32. The summed E-state index contributed by atoms with van der Waals surface area (Å²) in [5, 5.41) is 4.09. The summed E-state index contributed by atoms with van der Waals surface area (Å²) in [6, 6.07) is 6.95. The summed E-state index contributed by atoms with van der Waals surface area (Å²) in [4.78, 5) is 4.13. The Morgan fingerprint density at radius 1 is 1.20 bits per heavy atom. The summed E-state index contributed by atoms with van der Waals surface area (Å²) < 4.78 is 45.5. The number of hydrogen-bond acceptors (Lipinski definition) is 3. The number of methoxy groups -OCH3 is 1. The van der Waals surface area contributed by atoms with Gasteiger partial charge in [-0.3, -0.25) is 4.68 Å². The third kappa shape index (κ3) is 1.70. The molecule has 3 aromatic rings. The van der Waals surface area contributed by atoms with Crippen molar-refractivity contribution in [1.29, 1.82) is 0 Å². The van der Waals surface area contributed by atoms with E-state index in [4.69, 9.17) is 4.74 Å². The number of nitrogens with zero attached hydrogens (tertiary/aromatic N) is 3. The summed E-state index contributed by atoms with van der Waals surface area (Å²) in [6.07, 6.45) is -4.56. The maximum absolute atomic E-state index is 13.1. The summed E-state index contributed by atoms with van der Waals surface area (Å²) in [7, 11) is 2.77. The lowest BCUT2D eigenvalue weighted by Crippen LogP contribution is -2.07. The molecule has 2 heterocycles. The Morgan fingerprint density at radius 2 is 1.90 bits per heavy atom. The number of ether oxygens (including phenoxy) is 1. The van der Waals surface area contributed by atoms with E-state index in [1.54, 1.807) is 24.3 Å². The molecule has 4 nitrogen and oxygen atoms in total. The molecule has 0 aliphatic heterocycles. The molecule has 3 rings (SSSR count). The molecule has 0 aliphatic carbocycles. The van der Waals surface area contributed by atoms with Gasteiger partial charge in [0.1, 0.15) is 0 Å². The van der Waals surface area contributed by atoms with Gasteiger partial charge in [-0.1, -0.05) is 18.2 Å². The maximum Gasteiger partial charge on any atom is 0.435 e. The van der Waals surface area contributed by atoms with Crippen LogP contribution in [0.4, 0.5) is 13.2 Å². The molecule has 0 radical (unpaired) electrons. The van der Waals surface area contributed by atoms with Crippen LogP contribution in [0.3, 0.4) is 0 Å². The highest BCUT2D eigenvalue weighted by molar-refractivity contribution is 6.07. The predicted molar refractivity (Wildman–Crippen MR) is 67.6 cm³/mol. The number of pyridine rings is 1. The van der Waals surface area contributed by atoms with Crippen molar-refractivity contribution in [2.45, 2.75) is 6.18 Å². The van der Waals surface area contributed by atoms with Gasteiger partial charge in [-0.05, 0) is 6.07 Å². The molecular formula is C13H10F3N3O. The topological polar surface area (TPSA) is 39.9 Å². The maximum atomic E-state index is 13.1. The minimum Gasteiger partial charge on any atom is -0.480 e. The number of aryl methyl sites for hydroxylation is 1. The van der Waals surface area contributed by atoms with Crippen LogP contribution < -0.4 is 4.74 Å². The number of aromatic nitrogens is 3. The van der Waals surface area contributed by atoms with Crippen molar-refractivity contribution in [1.82, 2.24) is 14.8 Å². The Hall–Kier alpha value is -2.31. The normalized spacial score (nSPS) is 12.2. The molecule has 0 amide bonds. The lowest BCUT2D eigenvalue weighted by molar-refractivity contribution is -0.140. The van der Waals surface area contributed by atoms with Crippen LogP contribution in [0.25, 0.3) is 21.8 Å². The highest BCUT2D eigenvalue weighted by Gasteiger charge is 2.38. The van der Waals surface area contributed by atoms with Gasteiger partial charge in [-0.25, -0.2) is 4.98 Å². The Kier molecular flexibility index (Phi) is 2.60. The van der Waals surface area contributed by atoms with E-state index in [-0.39, 0.29) is 11.3 Å². The van der Waals surface area contributed by atoms with Crippen LogP contribution in [-0.2, 0) is 13.2 Å². The van der Waals surface area contributed by atoms with E-state index >= 15 is 0 Å². The molecule has 20 heavy (non-hydrogen) atoms. The van der Waals surface area contributed by atoms with Crippen molar-refractivity contribution in [2.24, 2.45) is 7.05 Å². The van der Waals surface area contributed by atoms with Crippen LogP contribution in [0, 0.1) is 0 Å². The number of halogens is 3. The molecule has 0 bridgehead atoms. The zero-order valence-electron chi connectivity index (χ0n) is 10.7. The largest absolute Gasteiger partial charge is 0.480 e. The van der Waals surface area contributed by atoms with Crippen molar-refractivity contribution in [3.63, 3.8) is 0 Å². The van der Waals surface area contributed by atoms with Crippen molar-refractivity contribution >= 4 is 21.8 Å². The van der Waals surface area contributed by atoms with E-state index < -0.39 is 11.9 Å². The molecule has 0 saturated heterocycles. The van der Waals surface area contributed by atoms with Crippen LogP contribution in [0.1, 0.15) is 5.69 Å². The van der Waals surface area contributed by atoms with Gasteiger partial charge < -0.3 is 4.74 Å². The number of para-hydroxylation sites is 1. The molecule has 0 saturated carbocycles. The molecule has 7 heteroatoms. The second-order valence-electron chi connectivity index (χ2n) is 4.33. The van der Waals surface area contributed by atoms with E-state index in [1.165, 1.54) is 18.8 Å². The van der Waals surface area contributed by atoms with E-state index in [2.05, 4.69) is 10.1 Å². The summed E-state index contributed by atoms with van der Waals surface area (Å²) in [5.74, 6) is -0.0703. The molecule has 0 unspecified atom stereocenters. The molecule has 0 fully saturated rings. The van der Waals surface area contributed by atoms with E-state index in [1.807, 2.05) is 0 Å². The Bertz CT molecular complexity index is 808. The average molecular weight is 281 g/mol. The number of rotatable bonds is 1. The van der Waals surface area contributed by atoms with Gasteiger partial charge in [0.2, 0.25) is 5.88 Å². The Labute approximate surface area is 111 Å². The molecule has 0 spiro atoms. The van der Waals surface area contributed by atoms with Crippen LogP contribution >= 0.6 is 0 Å². The van der Waals surface area contributed by atoms with Crippen LogP contribution in [0.5, 0.6) is 5.88 Å². The minimum atomic E-state index is -4.56. The first kappa shape index (κ1) is 12.7. The molecular weight excluding hydrogens is 271 g/mol. The van der Waals surface area contributed by atoms with Crippen LogP contribution in [-0.4, -0.2) is 21.9 Å². The zero-order valence-corrected chi connectivity index (χ0v) is 10.7. The van der Waals surface area contributed by atoms with Crippen molar-refractivity contribution in [3.05, 3.63) is 30.0 Å². The van der Waals surface area contributed by atoms with E-state index in [9.17, 15) is 13.2 Å². The van der Waals surface area contributed by atoms with Crippen molar-refractivity contribution in [3.8, 4) is 5.88 Å². The third-order valence-electron chi connectivity index (χ3n) is 3.10. The van der Waals surface area contributed by atoms with Crippen molar-refractivity contribution in [2.75, 3.05) is 7.11 Å². The molecule has 2 aromatic heterocycles. The standard InChI is InChI=1S/C13H10F3N3O/c1-19-10-7-5-3-4-6-8(7)17-12(20-2)9(10)11(18-19)13(14,15)16/h3-6H,1-2H3. The number of benzene rings is 1. The smallest absolute Gasteiger partial charge is 0.435 e. The predicted octanol–water partition coefficient (Wildman–Crippen LogP) is 3.15. The van der Waals surface area contributed by atoms with E-state index in [0.717, 1.165) is 0 Å². The van der Waals surface area contributed by atoms with Crippen LogP contribution in [0.15, 0.2) is 24.3 Å². The van der Waals surface area contributed by atoms with E-state index in [0.29, 0.717) is 16.4 Å². The molecule has 0 atom stereocenters. The second-order valence-corrected chi connectivity index (χ2v) is 4.33. The SMILES string of the molecule is COc1nc2ccccc2c2c1c(C(F)(F)F)nn2C. The highest BCUT2D eigenvalue weighted by atomic mass is 19.4. The Morgan fingerprint density at radius 3 is 2.55 bits per heavy atom. The second kappa shape index (κ2) is 4.09. The molecule has 104 valence electrons. The van der Waals surface area contributed by atoms with Gasteiger partial charge in [0.25, 0.3) is 0 Å². The highest BCUT2D eigenvalue weighted by Crippen LogP contribution is 2.40. The van der Waals surface area contributed by atoms with Gasteiger partial charge in [0, 0.05) is 12.4 Å². The van der Waals surface area contributed by atoms with Gasteiger partial charge in [0.05, 0.1) is 23.5 Å². The molecule has 1 aromatic carbocycles. The first-order valence-corrected chi connectivity index (χ1v) is 5.80. The molecule has 0 aliphatic rings. The average Bonchev–Trinajstić information content (AvgIpc) is 2.76. The van der Waals surface area contributed by atoms with Crippen molar-refractivity contribution < 1.29 is 17.9 Å². The number of hydrogen-bond donors (Lipinski definition) is 0. The molecule has 0 N–H and O–H groups in total. The Balaban J connectivity index is 2.57. The fraction of sp³-hybridized carbons (Fsp3) is 0.231. The van der Waals surface area contributed by atoms with Gasteiger partial charge in [-0.15, -0.1) is 0 Å². The monoisotopic (exact) mass is 281 g/mol. The number of fused-ring (bicyclic) bond motifs is 3. The zero-order chi connectivity index (χ0) is 14.5. The third-order valence-corrected chi connectivity index (χ3v) is 3.10. The summed E-state index contributed by atoms with van der Waals surface area (Å²) >= 11 is 0. The van der Waals surface area contributed by atoms with Gasteiger partial charge >= 0.3 is 6.18 Å². The quantitative estimate of drug-likeness (QED) is 0.688. The first-order chi connectivity index (χ1) is 9.43. The first-order valence-electron chi connectivity index (χ1n) is 5.80. The fourth-order valence-corrected chi connectivity index (χ4v) is 2.32. The minimum absolute atomic E-state index is 0.0703. The lowest BCUT2D eigenvalue weighted by atomic mass is 10.1. The van der Waals surface area contributed by atoms with Gasteiger partial charge in [0.15, 0.2) is 5.69 Å². The van der Waals surface area contributed by atoms with Crippen LogP contribution in [0.2, 0.25) is 0 Å². The summed E-state index contributed by atoms with van der Waals surface area (Å²) in [5.41, 5.74) is -0.0570. The summed E-state index contributed by atoms with van der Waals surface area (Å²) in [6.45, 7) is 0.